The molecule has 6 nitrogen and oxygen atoms in total. The Morgan fingerprint density at radius 1 is 1.58 bits per heavy atom. The van der Waals surface area contributed by atoms with Crippen molar-refractivity contribution in [2.45, 2.75) is 26.4 Å². The fourth-order valence-electron chi connectivity index (χ4n) is 2.22. The Labute approximate surface area is 112 Å². The van der Waals surface area contributed by atoms with E-state index in [2.05, 4.69) is 21.8 Å². The normalized spacial score (nSPS) is 20.4. The van der Waals surface area contributed by atoms with Crippen molar-refractivity contribution < 1.29 is 14.6 Å². The number of hydrogen-bond donors (Lipinski definition) is 1. The standard InChI is InChI=1S/C13H19N3O3/c1-3-4-16-5-6-19-11(8-16)12-14-9(2)7-10(15-12)13(17)18/h7,11H,3-6,8H2,1-2H3,(H,17,18). The number of hydrogen-bond acceptors (Lipinski definition) is 5. The van der Waals surface area contributed by atoms with Gasteiger partial charge in [0.2, 0.25) is 0 Å². The number of morpholine rings is 1. The van der Waals surface area contributed by atoms with Gasteiger partial charge in [-0.1, -0.05) is 6.92 Å². The number of rotatable bonds is 4. The summed E-state index contributed by atoms with van der Waals surface area (Å²) in [5, 5.41) is 9.03. The van der Waals surface area contributed by atoms with Gasteiger partial charge in [0.1, 0.15) is 6.10 Å². The Kier molecular flexibility index (Phi) is 4.44. The van der Waals surface area contributed by atoms with E-state index in [9.17, 15) is 4.79 Å². The summed E-state index contributed by atoms with van der Waals surface area (Å²) in [6.45, 7) is 7.17. The van der Waals surface area contributed by atoms with E-state index in [1.54, 1.807) is 6.92 Å². The molecule has 1 aliphatic rings. The number of carboxylic acid groups (broad SMARTS) is 1. The summed E-state index contributed by atoms with van der Waals surface area (Å²) in [5.41, 5.74) is 0.678. The maximum Gasteiger partial charge on any atom is 0.354 e. The number of ether oxygens (including phenoxy) is 1. The molecule has 2 rings (SSSR count). The molecule has 1 fully saturated rings. The first-order valence-corrected chi connectivity index (χ1v) is 6.53. The molecule has 1 aromatic heterocycles. The van der Waals surface area contributed by atoms with Crippen LogP contribution in [-0.4, -0.2) is 52.2 Å². The van der Waals surface area contributed by atoms with Crippen molar-refractivity contribution in [3.63, 3.8) is 0 Å². The maximum absolute atomic E-state index is 11.0. The summed E-state index contributed by atoms with van der Waals surface area (Å²) in [5.74, 6) is -0.564. The molecule has 0 aliphatic carbocycles. The van der Waals surface area contributed by atoms with E-state index in [4.69, 9.17) is 9.84 Å². The predicted molar refractivity (Wildman–Crippen MR) is 69.2 cm³/mol. The lowest BCUT2D eigenvalue weighted by atomic mass is 10.2. The molecular formula is C13H19N3O3. The van der Waals surface area contributed by atoms with E-state index < -0.39 is 5.97 Å². The number of aromatic nitrogens is 2. The SMILES string of the molecule is CCCN1CCOC(c2nc(C)cc(C(=O)O)n2)C1. The number of carbonyl (C=O) groups is 1. The number of nitrogens with zero attached hydrogens (tertiary/aromatic N) is 3. The fourth-order valence-corrected chi connectivity index (χ4v) is 2.22. The van der Waals surface area contributed by atoms with Gasteiger partial charge in [-0.25, -0.2) is 14.8 Å². The molecular weight excluding hydrogens is 246 g/mol. The fraction of sp³-hybridized carbons (Fsp3) is 0.615. The second-order valence-electron chi connectivity index (χ2n) is 4.72. The Hall–Kier alpha value is -1.53. The van der Waals surface area contributed by atoms with Crippen LogP contribution >= 0.6 is 0 Å². The second-order valence-corrected chi connectivity index (χ2v) is 4.72. The molecule has 0 saturated carbocycles. The molecule has 1 aromatic rings. The van der Waals surface area contributed by atoms with Crippen LogP contribution in [0.1, 0.15) is 41.5 Å². The van der Waals surface area contributed by atoms with Crippen LogP contribution in [0.15, 0.2) is 6.07 Å². The molecule has 1 atom stereocenters. The molecule has 1 saturated heterocycles. The van der Waals surface area contributed by atoms with Gasteiger partial charge in [0.05, 0.1) is 6.61 Å². The topological polar surface area (TPSA) is 75.5 Å². The summed E-state index contributed by atoms with van der Waals surface area (Å²) >= 11 is 0. The number of aryl methyl sites for hydroxylation is 1. The highest BCUT2D eigenvalue weighted by Gasteiger charge is 2.24. The Morgan fingerprint density at radius 3 is 3.05 bits per heavy atom. The van der Waals surface area contributed by atoms with Crippen molar-refractivity contribution in [1.82, 2.24) is 14.9 Å². The van der Waals surface area contributed by atoms with Crippen LogP contribution in [0.3, 0.4) is 0 Å². The highest BCUT2D eigenvalue weighted by molar-refractivity contribution is 5.85. The highest BCUT2D eigenvalue weighted by atomic mass is 16.5. The van der Waals surface area contributed by atoms with Gasteiger partial charge in [0, 0.05) is 18.8 Å². The molecule has 1 unspecified atom stereocenters. The van der Waals surface area contributed by atoms with Gasteiger partial charge in [-0.15, -0.1) is 0 Å². The molecule has 0 amide bonds. The van der Waals surface area contributed by atoms with Crippen molar-refractivity contribution in [2.24, 2.45) is 0 Å². The Morgan fingerprint density at radius 2 is 2.37 bits per heavy atom. The van der Waals surface area contributed by atoms with E-state index in [1.807, 2.05) is 0 Å². The van der Waals surface area contributed by atoms with Crippen LogP contribution in [0.4, 0.5) is 0 Å². The van der Waals surface area contributed by atoms with E-state index in [1.165, 1.54) is 6.07 Å². The van der Waals surface area contributed by atoms with Crippen molar-refractivity contribution in [3.05, 3.63) is 23.3 Å². The van der Waals surface area contributed by atoms with Gasteiger partial charge in [-0.05, 0) is 26.0 Å². The third kappa shape index (κ3) is 3.48. The quantitative estimate of drug-likeness (QED) is 0.883. The summed E-state index contributed by atoms with van der Waals surface area (Å²) < 4.78 is 5.67. The van der Waals surface area contributed by atoms with Gasteiger partial charge in [0.15, 0.2) is 11.5 Å². The van der Waals surface area contributed by atoms with Gasteiger partial charge in [-0.2, -0.15) is 0 Å². The minimum absolute atomic E-state index is 0.0266. The number of aromatic carboxylic acids is 1. The van der Waals surface area contributed by atoms with Crippen LogP contribution in [0.25, 0.3) is 0 Å². The van der Waals surface area contributed by atoms with Crippen molar-refractivity contribution in [1.29, 1.82) is 0 Å². The van der Waals surface area contributed by atoms with E-state index in [0.717, 1.165) is 26.1 Å². The largest absolute Gasteiger partial charge is 0.477 e. The van der Waals surface area contributed by atoms with Gasteiger partial charge >= 0.3 is 5.97 Å². The third-order valence-electron chi connectivity index (χ3n) is 3.07. The molecule has 0 aromatic carbocycles. The molecule has 0 radical (unpaired) electrons. The second kappa shape index (κ2) is 6.08. The van der Waals surface area contributed by atoms with Gasteiger partial charge in [0.25, 0.3) is 0 Å². The molecule has 6 heteroatoms. The average Bonchev–Trinajstić information content (AvgIpc) is 2.38. The van der Waals surface area contributed by atoms with Gasteiger partial charge in [-0.3, -0.25) is 4.90 Å². The number of carboxylic acids is 1. The first-order chi connectivity index (χ1) is 9.10. The zero-order chi connectivity index (χ0) is 13.8. The monoisotopic (exact) mass is 265 g/mol. The van der Waals surface area contributed by atoms with Crippen molar-refractivity contribution in [3.8, 4) is 0 Å². The molecule has 0 bridgehead atoms. The Balaban J connectivity index is 2.18. The molecule has 104 valence electrons. The Bertz CT molecular complexity index is 462. The summed E-state index contributed by atoms with van der Waals surface area (Å²) in [4.78, 5) is 21.7. The zero-order valence-corrected chi connectivity index (χ0v) is 11.3. The molecule has 0 spiro atoms. The van der Waals surface area contributed by atoms with Crippen LogP contribution in [0.5, 0.6) is 0 Å². The molecule has 2 heterocycles. The van der Waals surface area contributed by atoms with Gasteiger partial charge < -0.3 is 9.84 Å². The van der Waals surface area contributed by atoms with Crippen LogP contribution < -0.4 is 0 Å². The first-order valence-electron chi connectivity index (χ1n) is 6.53. The van der Waals surface area contributed by atoms with E-state index in [0.29, 0.717) is 18.1 Å². The van der Waals surface area contributed by atoms with Crippen LogP contribution in [-0.2, 0) is 4.74 Å². The summed E-state index contributed by atoms with van der Waals surface area (Å²) in [6.07, 6.45) is 0.847. The van der Waals surface area contributed by atoms with E-state index in [-0.39, 0.29) is 11.8 Å². The zero-order valence-electron chi connectivity index (χ0n) is 11.3. The maximum atomic E-state index is 11.0. The smallest absolute Gasteiger partial charge is 0.354 e. The average molecular weight is 265 g/mol. The molecule has 1 aliphatic heterocycles. The van der Waals surface area contributed by atoms with Crippen LogP contribution in [0, 0.1) is 6.92 Å². The lowest BCUT2D eigenvalue weighted by Gasteiger charge is -2.31. The summed E-state index contributed by atoms with van der Waals surface area (Å²) in [7, 11) is 0. The molecule has 1 N–H and O–H groups in total. The highest BCUT2D eigenvalue weighted by Crippen LogP contribution is 2.20. The minimum atomic E-state index is -1.03. The van der Waals surface area contributed by atoms with E-state index >= 15 is 0 Å². The third-order valence-corrected chi connectivity index (χ3v) is 3.07. The van der Waals surface area contributed by atoms with Crippen molar-refractivity contribution in [2.75, 3.05) is 26.2 Å². The lowest BCUT2D eigenvalue weighted by Crippen LogP contribution is -2.39. The minimum Gasteiger partial charge on any atom is -0.477 e. The van der Waals surface area contributed by atoms with Crippen molar-refractivity contribution >= 4 is 5.97 Å². The first kappa shape index (κ1) is 13.9. The lowest BCUT2D eigenvalue weighted by molar-refractivity contribution is -0.0343. The predicted octanol–water partition coefficient (Wildman–Crippen LogP) is 1.27. The summed E-state index contributed by atoms with van der Waals surface area (Å²) in [6, 6.07) is 1.47. The van der Waals surface area contributed by atoms with Crippen LogP contribution in [0.2, 0.25) is 0 Å². The molecule has 19 heavy (non-hydrogen) atoms.